The Morgan fingerprint density at radius 3 is 2.71 bits per heavy atom. The SMILES string of the molecule is CCOc1ncccc1C(=O)Nc1c(/C=C/c2ccc(OC)cc2)noc1C. The summed E-state index contributed by atoms with van der Waals surface area (Å²) >= 11 is 0. The lowest BCUT2D eigenvalue weighted by molar-refractivity contribution is 0.102. The Labute approximate surface area is 163 Å². The van der Waals surface area contributed by atoms with Crippen LogP contribution in [-0.4, -0.2) is 29.8 Å². The van der Waals surface area contributed by atoms with E-state index in [4.69, 9.17) is 14.0 Å². The molecule has 28 heavy (non-hydrogen) atoms. The molecule has 0 fully saturated rings. The summed E-state index contributed by atoms with van der Waals surface area (Å²) in [5.41, 5.74) is 2.32. The van der Waals surface area contributed by atoms with Crippen LogP contribution in [0.25, 0.3) is 12.2 Å². The van der Waals surface area contributed by atoms with E-state index in [0.717, 1.165) is 11.3 Å². The molecular formula is C21H21N3O4. The molecular weight excluding hydrogens is 358 g/mol. The maximum absolute atomic E-state index is 12.7. The van der Waals surface area contributed by atoms with Crippen LogP contribution in [0.3, 0.4) is 0 Å². The van der Waals surface area contributed by atoms with Crippen molar-refractivity contribution >= 4 is 23.7 Å². The molecule has 0 unspecified atom stereocenters. The lowest BCUT2D eigenvalue weighted by Gasteiger charge is -2.09. The van der Waals surface area contributed by atoms with Gasteiger partial charge in [0.05, 0.1) is 13.7 Å². The molecule has 0 saturated carbocycles. The molecule has 0 aliphatic heterocycles. The van der Waals surface area contributed by atoms with E-state index in [2.05, 4.69) is 15.5 Å². The van der Waals surface area contributed by atoms with Gasteiger partial charge in [-0.3, -0.25) is 4.79 Å². The first-order valence-corrected chi connectivity index (χ1v) is 8.80. The Morgan fingerprint density at radius 2 is 2.00 bits per heavy atom. The van der Waals surface area contributed by atoms with Gasteiger partial charge >= 0.3 is 0 Å². The fourth-order valence-electron chi connectivity index (χ4n) is 2.54. The fourth-order valence-corrected chi connectivity index (χ4v) is 2.54. The summed E-state index contributed by atoms with van der Waals surface area (Å²) in [5.74, 6) is 1.22. The van der Waals surface area contributed by atoms with Crippen molar-refractivity contribution in [3.8, 4) is 11.6 Å². The van der Waals surface area contributed by atoms with Crippen molar-refractivity contribution in [1.82, 2.24) is 10.1 Å². The Balaban J connectivity index is 1.81. The van der Waals surface area contributed by atoms with E-state index >= 15 is 0 Å². The first-order chi connectivity index (χ1) is 13.6. The second-order valence-electron chi connectivity index (χ2n) is 5.85. The number of rotatable bonds is 7. The Morgan fingerprint density at radius 1 is 1.21 bits per heavy atom. The molecule has 0 aliphatic rings. The molecule has 1 aromatic carbocycles. The number of hydrogen-bond acceptors (Lipinski definition) is 6. The minimum absolute atomic E-state index is 0.284. The summed E-state index contributed by atoms with van der Waals surface area (Å²) < 4.78 is 15.8. The fraction of sp³-hybridized carbons (Fsp3) is 0.190. The summed E-state index contributed by atoms with van der Waals surface area (Å²) in [6.07, 6.45) is 5.23. The van der Waals surface area contributed by atoms with Gasteiger partial charge in [0, 0.05) is 6.20 Å². The van der Waals surface area contributed by atoms with Gasteiger partial charge in [-0.2, -0.15) is 0 Å². The number of amides is 1. The number of carbonyl (C=O) groups is 1. The number of carbonyl (C=O) groups excluding carboxylic acids is 1. The summed E-state index contributed by atoms with van der Waals surface area (Å²) in [6.45, 7) is 3.99. The van der Waals surface area contributed by atoms with E-state index < -0.39 is 0 Å². The highest BCUT2D eigenvalue weighted by Crippen LogP contribution is 2.25. The molecule has 3 aromatic rings. The van der Waals surface area contributed by atoms with E-state index in [9.17, 15) is 4.79 Å². The molecule has 0 atom stereocenters. The molecule has 2 heterocycles. The average Bonchev–Trinajstić information content (AvgIpc) is 3.07. The van der Waals surface area contributed by atoms with Crippen LogP contribution in [0.15, 0.2) is 47.1 Å². The molecule has 1 N–H and O–H groups in total. The van der Waals surface area contributed by atoms with Crippen LogP contribution in [0.2, 0.25) is 0 Å². The van der Waals surface area contributed by atoms with Gasteiger partial charge < -0.3 is 19.3 Å². The standard InChI is InChI=1S/C21H21N3O4/c1-4-27-21-17(6-5-13-22-21)20(25)23-19-14(2)28-24-18(19)12-9-15-7-10-16(26-3)11-8-15/h5-13H,4H2,1-3H3,(H,23,25)/b12-9+. The first-order valence-electron chi connectivity index (χ1n) is 8.80. The van der Waals surface area contributed by atoms with Crippen molar-refractivity contribution in [3.63, 3.8) is 0 Å². The topological polar surface area (TPSA) is 86.5 Å². The summed E-state index contributed by atoms with van der Waals surface area (Å²) in [7, 11) is 1.62. The number of aromatic nitrogens is 2. The minimum Gasteiger partial charge on any atom is -0.497 e. The zero-order valence-electron chi connectivity index (χ0n) is 15.9. The molecule has 0 bridgehead atoms. The molecule has 2 aromatic heterocycles. The number of aryl methyl sites for hydroxylation is 1. The van der Waals surface area contributed by atoms with E-state index in [1.54, 1.807) is 38.4 Å². The third-order valence-electron chi connectivity index (χ3n) is 3.97. The van der Waals surface area contributed by atoms with E-state index in [0.29, 0.717) is 29.3 Å². The smallest absolute Gasteiger partial charge is 0.261 e. The van der Waals surface area contributed by atoms with Gasteiger partial charge in [0.15, 0.2) is 5.76 Å². The molecule has 7 nitrogen and oxygen atoms in total. The third-order valence-corrected chi connectivity index (χ3v) is 3.97. The van der Waals surface area contributed by atoms with E-state index in [-0.39, 0.29) is 11.8 Å². The molecule has 7 heteroatoms. The molecule has 0 radical (unpaired) electrons. The van der Waals surface area contributed by atoms with Crippen molar-refractivity contribution in [2.75, 3.05) is 19.0 Å². The monoisotopic (exact) mass is 379 g/mol. The molecule has 0 aliphatic carbocycles. The molecule has 0 saturated heterocycles. The van der Waals surface area contributed by atoms with Gasteiger partial charge in [0.2, 0.25) is 5.88 Å². The molecule has 0 spiro atoms. The predicted molar refractivity (Wildman–Crippen MR) is 107 cm³/mol. The van der Waals surface area contributed by atoms with Gasteiger partial charge in [-0.15, -0.1) is 0 Å². The second-order valence-corrected chi connectivity index (χ2v) is 5.85. The number of nitrogens with zero attached hydrogens (tertiary/aromatic N) is 2. The summed E-state index contributed by atoms with van der Waals surface area (Å²) in [4.78, 5) is 16.8. The lowest BCUT2D eigenvalue weighted by Crippen LogP contribution is -2.15. The van der Waals surface area contributed by atoms with Crippen LogP contribution in [-0.2, 0) is 0 Å². The Kier molecular flexibility index (Phi) is 6.06. The van der Waals surface area contributed by atoms with Gasteiger partial charge in [0.25, 0.3) is 5.91 Å². The van der Waals surface area contributed by atoms with Crippen LogP contribution in [0.5, 0.6) is 11.6 Å². The zero-order valence-corrected chi connectivity index (χ0v) is 15.9. The van der Waals surface area contributed by atoms with Crippen molar-refractivity contribution in [2.24, 2.45) is 0 Å². The first kappa shape index (κ1) is 19.2. The highest BCUT2D eigenvalue weighted by molar-refractivity contribution is 6.07. The van der Waals surface area contributed by atoms with Crippen molar-refractivity contribution in [2.45, 2.75) is 13.8 Å². The second kappa shape index (κ2) is 8.85. The molecule has 3 rings (SSSR count). The van der Waals surface area contributed by atoms with Crippen LogP contribution < -0.4 is 14.8 Å². The van der Waals surface area contributed by atoms with Crippen LogP contribution in [0, 0.1) is 6.92 Å². The molecule has 144 valence electrons. The number of ether oxygens (including phenoxy) is 2. The number of pyridine rings is 1. The van der Waals surface area contributed by atoms with Crippen LogP contribution in [0.1, 0.15) is 34.3 Å². The average molecular weight is 379 g/mol. The van der Waals surface area contributed by atoms with Gasteiger partial charge in [-0.25, -0.2) is 4.98 Å². The number of nitrogens with one attached hydrogen (secondary N) is 1. The highest BCUT2D eigenvalue weighted by Gasteiger charge is 2.18. The van der Waals surface area contributed by atoms with Crippen LogP contribution >= 0.6 is 0 Å². The molecule has 1 amide bonds. The van der Waals surface area contributed by atoms with Gasteiger partial charge in [-0.1, -0.05) is 23.4 Å². The maximum Gasteiger partial charge on any atom is 0.261 e. The Hall–Kier alpha value is -3.61. The van der Waals surface area contributed by atoms with Crippen molar-refractivity contribution in [3.05, 3.63) is 65.2 Å². The van der Waals surface area contributed by atoms with E-state index in [1.807, 2.05) is 37.3 Å². The summed E-state index contributed by atoms with van der Waals surface area (Å²) in [6, 6.07) is 10.9. The summed E-state index contributed by atoms with van der Waals surface area (Å²) in [5, 5.41) is 6.86. The van der Waals surface area contributed by atoms with E-state index in [1.165, 1.54) is 0 Å². The third kappa shape index (κ3) is 4.37. The normalized spacial score (nSPS) is 10.8. The highest BCUT2D eigenvalue weighted by atomic mass is 16.5. The van der Waals surface area contributed by atoms with Gasteiger partial charge in [0.1, 0.15) is 22.7 Å². The lowest BCUT2D eigenvalue weighted by atomic mass is 10.1. The zero-order chi connectivity index (χ0) is 19.9. The van der Waals surface area contributed by atoms with Crippen molar-refractivity contribution in [1.29, 1.82) is 0 Å². The number of anilines is 1. The number of methoxy groups -OCH3 is 1. The van der Waals surface area contributed by atoms with Gasteiger partial charge in [-0.05, 0) is 49.8 Å². The van der Waals surface area contributed by atoms with Crippen molar-refractivity contribution < 1.29 is 18.8 Å². The number of benzene rings is 1. The quantitative estimate of drug-likeness (QED) is 0.662. The maximum atomic E-state index is 12.7. The predicted octanol–water partition coefficient (Wildman–Crippen LogP) is 4.21. The number of hydrogen-bond donors (Lipinski definition) is 1. The minimum atomic E-state index is -0.345. The Bertz CT molecular complexity index is 978. The largest absolute Gasteiger partial charge is 0.497 e. The van der Waals surface area contributed by atoms with Crippen LogP contribution in [0.4, 0.5) is 5.69 Å².